The zero-order chi connectivity index (χ0) is 20.4. The van der Waals surface area contributed by atoms with Crippen molar-refractivity contribution in [3.63, 3.8) is 0 Å². The van der Waals surface area contributed by atoms with Crippen molar-refractivity contribution in [1.82, 2.24) is 20.4 Å². The first kappa shape index (κ1) is 20.0. The van der Waals surface area contributed by atoms with Crippen molar-refractivity contribution in [2.24, 2.45) is 0 Å². The molecule has 3 aliphatic heterocycles. The van der Waals surface area contributed by atoms with E-state index in [2.05, 4.69) is 28.5 Å². The molecule has 7 nitrogen and oxygen atoms in total. The molecule has 156 valence electrons. The molecular weight excluding hydrogens is 368 g/mol. The van der Waals surface area contributed by atoms with E-state index < -0.39 is 6.04 Å². The van der Waals surface area contributed by atoms with Gasteiger partial charge >= 0.3 is 0 Å². The van der Waals surface area contributed by atoms with E-state index in [9.17, 15) is 14.4 Å². The van der Waals surface area contributed by atoms with Crippen LogP contribution in [0.2, 0.25) is 0 Å². The summed E-state index contributed by atoms with van der Waals surface area (Å²) in [5.41, 5.74) is 2.92. The summed E-state index contributed by atoms with van der Waals surface area (Å²) in [6, 6.07) is 5.94. The minimum absolute atomic E-state index is 0.0970. The molecule has 1 unspecified atom stereocenters. The lowest BCUT2D eigenvalue weighted by molar-refractivity contribution is -0.136. The van der Waals surface area contributed by atoms with Gasteiger partial charge in [0.05, 0.1) is 0 Å². The lowest BCUT2D eigenvalue weighted by Crippen LogP contribution is -2.52. The van der Waals surface area contributed by atoms with E-state index in [4.69, 9.17) is 0 Å². The molecule has 0 bridgehead atoms. The van der Waals surface area contributed by atoms with Crippen LogP contribution in [0.5, 0.6) is 0 Å². The second kappa shape index (κ2) is 8.63. The van der Waals surface area contributed by atoms with Crippen LogP contribution in [0.3, 0.4) is 0 Å². The van der Waals surface area contributed by atoms with E-state index in [1.54, 1.807) is 4.90 Å². The number of fused-ring (bicyclic) bond motifs is 1. The lowest BCUT2D eigenvalue weighted by Gasteiger charge is -2.35. The van der Waals surface area contributed by atoms with E-state index >= 15 is 0 Å². The predicted molar refractivity (Wildman–Crippen MR) is 109 cm³/mol. The number of hydrogen-bond donors (Lipinski definition) is 2. The number of piperidine rings is 2. The van der Waals surface area contributed by atoms with Crippen LogP contribution in [0.1, 0.15) is 60.5 Å². The van der Waals surface area contributed by atoms with Crippen molar-refractivity contribution in [3.05, 3.63) is 34.9 Å². The molecule has 2 N–H and O–H groups in total. The van der Waals surface area contributed by atoms with Gasteiger partial charge in [-0.1, -0.05) is 19.1 Å². The van der Waals surface area contributed by atoms with Gasteiger partial charge in [0.1, 0.15) is 6.04 Å². The lowest BCUT2D eigenvalue weighted by atomic mass is 9.99. The Balaban J connectivity index is 1.54. The molecule has 2 fully saturated rings. The number of benzene rings is 1. The van der Waals surface area contributed by atoms with Gasteiger partial charge in [-0.25, -0.2) is 0 Å². The maximum absolute atomic E-state index is 13.0. The zero-order valence-corrected chi connectivity index (χ0v) is 17.1. The minimum Gasteiger partial charge on any atom is -0.322 e. The summed E-state index contributed by atoms with van der Waals surface area (Å²) in [6.45, 7) is 6.64. The Bertz CT molecular complexity index is 803. The highest BCUT2D eigenvalue weighted by molar-refractivity contribution is 6.05. The summed E-state index contributed by atoms with van der Waals surface area (Å²) in [5.74, 6) is -0.709. The van der Waals surface area contributed by atoms with Gasteiger partial charge in [0, 0.05) is 31.1 Å². The van der Waals surface area contributed by atoms with Crippen molar-refractivity contribution >= 4 is 17.7 Å². The van der Waals surface area contributed by atoms with Gasteiger partial charge in [-0.3, -0.25) is 24.6 Å². The molecule has 3 heterocycles. The molecule has 7 heteroatoms. The SMILES string of the molecule is CCCN(Cc1cccc2c1CN(C1CCC(=O)NC1=O)C2=O)C1CCNCC1. The van der Waals surface area contributed by atoms with Crippen LogP contribution in [0.4, 0.5) is 0 Å². The molecule has 1 aromatic rings. The van der Waals surface area contributed by atoms with Gasteiger partial charge in [0.2, 0.25) is 11.8 Å². The third kappa shape index (κ3) is 4.07. The molecular formula is C22H30N4O3. The number of amides is 3. The maximum atomic E-state index is 13.0. The third-order valence-corrected chi connectivity index (χ3v) is 6.39. The van der Waals surface area contributed by atoms with E-state index in [1.165, 1.54) is 5.56 Å². The molecule has 1 aromatic carbocycles. The molecule has 0 saturated carbocycles. The first-order chi connectivity index (χ1) is 14.1. The summed E-state index contributed by atoms with van der Waals surface area (Å²) in [5, 5.41) is 5.81. The zero-order valence-electron chi connectivity index (χ0n) is 17.1. The summed E-state index contributed by atoms with van der Waals surface area (Å²) in [4.78, 5) is 41.0. The van der Waals surface area contributed by atoms with Crippen LogP contribution in [0, 0.1) is 0 Å². The molecule has 2 saturated heterocycles. The second-order valence-corrected chi connectivity index (χ2v) is 8.29. The highest BCUT2D eigenvalue weighted by Crippen LogP contribution is 2.31. The van der Waals surface area contributed by atoms with Crippen LogP contribution in [0.25, 0.3) is 0 Å². The highest BCUT2D eigenvalue weighted by atomic mass is 16.2. The Hall–Kier alpha value is -2.25. The van der Waals surface area contributed by atoms with Crippen LogP contribution in [0.15, 0.2) is 18.2 Å². The van der Waals surface area contributed by atoms with Crippen LogP contribution >= 0.6 is 0 Å². The number of carbonyl (C=O) groups excluding carboxylic acids is 3. The molecule has 0 aliphatic carbocycles. The van der Waals surface area contributed by atoms with Crippen molar-refractivity contribution in [2.75, 3.05) is 19.6 Å². The van der Waals surface area contributed by atoms with E-state index in [1.807, 2.05) is 12.1 Å². The number of imide groups is 1. The van der Waals surface area contributed by atoms with Crippen molar-refractivity contribution < 1.29 is 14.4 Å². The van der Waals surface area contributed by atoms with Crippen LogP contribution in [-0.2, 0) is 22.7 Å². The first-order valence-electron chi connectivity index (χ1n) is 10.8. The number of nitrogens with one attached hydrogen (secondary N) is 2. The first-order valence-corrected chi connectivity index (χ1v) is 10.8. The van der Waals surface area contributed by atoms with E-state index in [0.717, 1.165) is 51.0 Å². The normalized spacial score (nSPS) is 22.9. The van der Waals surface area contributed by atoms with Gasteiger partial charge in [-0.15, -0.1) is 0 Å². The summed E-state index contributed by atoms with van der Waals surface area (Å²) >= 11 is 0. The van der Waals surface area contributed by atoms with Crippen molar-refractivity contribution in [1.29, 1.82) is 0 Å². The van der Waals surface area contributed by atoms with Gasteiger partial charge in [0.25, 0.3) is 5.91 Å². The fourth-order valence-electron chi connectivity index (χ4n) is 4.87. The number of rotatable bonds is 6. The summed E-state index contributed by atoms with van der Waals surface area (Å²) in [7, 11) is 0. The Morgan fingerprint density at radius 2 is 1.93 bits per heavy atom. The summed E-state index contributed by atoms with van der Waals surface area (Å²) < 4.78 is 0. The largest absolute Gasteiger partial charge is 0.322 e. The fraction of sp³-hybridized carbons (Fsp3) is 0.591. The molecule has 0 spiro atoms. The Labute approximate surface area is 171 Å². The molecule has 3 aliphatic rings. The number of hydrogen-bond acceptors (Lipinski definition) is 5. The Kier molecular flexibility index (Phi) is 5.96. The molecule has 4 rings (SSSR count). The molecule has 1 atom stereocenters. The summed E-state index contributed by atoms with van der Waals surface area (Å²) in [6.07, 6.45) is 4.08. The number of carbonyl (C=O) groups is 3. The monoisotopic (exact) mass is 398 g/mol. The van der Waals surface area contributed by atoms with Crippen LogP contribution in [-0.4, -0.2) is 59.2 Å². The van der Waals surface area contributed by atoms with E-state index in [0.29, 0.717) is 24.6 Å². The smallest absolute Gasteiger partial charge is 0.255 e. The molecule has 0 radical (unpaired) electrons. The van der Waals surface area contributed by atoms with Gasteiger partial charge in [-0.2, -0.15) is 0 Å². The molecule has 0 aromatic heterocycles. The van der Waals surface area contributed by atoms with E-state index in [-0.39, 0.29) is 24.1 Å². The Morgan fingerprint density at radius 3 is 2.66 bits per heavy atom. The quantitative estimate of drug-likeness (QED) is 0.708. The van der Waals surface area contributed by atoms with Crippen molar-refractivity contribution in [2.45, 2.75) is 64.2 Å². The van der Waals surface area contributed by atoms with Crippen molar-refractivity contribution in [3.8, 4) is 0 Å². The minimum atomic E-state index is -0.559. The topological polar surface area (TPSA) is 81.8 Å². The average molecular weight is 399 g/mol. The van der Waals surface area contributed by atoms with Gasteiger partial charge < -0.3 is 10.2 Å². The van der Waals surface area contributed by atoms with Gasteiger partial charge in [-0.05, 0) is 62.5 Å². The second-order valence-electron chi connectivity index (χ2n) is 8.29. The molecule has 3 amide bonds. The third-order valence-electron chi connectivity index (χ3n) is 6.39. The maximum Gasteiger partial charge on any atom is 0.255 e. The standard InChI is InChI=1S/C22H30N4O3/c1-2-12-25(16-8-10-23-11-9-16)13-15-4-3-5-17-18(15)14-26(22(17)29)19-6-7-20(27)24-21(19)28/h3-5,16,19,23H,2,6-14H2,1H3,(H,24,27,28). The predicted octanol–water partition coefficient (Wildman–Crippen LogP) is 1.41. The fourth-order valence-corrected chi connectivity index (χ4v) is 4.87. The number of nitrogens with zero attached hydrogens (tertiary/aromatic N) is 2. The highest BCUT2D eigenvalue weighted by Gasteiger charge is 2.40. The average Bonchev–Trinajstić information content (AvgIpc) is 3.06. The van der Waals surface area contributed by atoms with Crippen LogP contribution < -0.4 is 10.6 Å². The Morgan fingerprint density at radius 1 is 1.14 bits per heavy atom. The van der Waals surface area contributed by atoms with Gasteiger partial charge in [0.15, 0.2) is 0 Å². The molecule has 29 heavy (non-hydrogen) atoms.